The molecule has 0 saturated carbocycles. The van der Waals surface area contributed by atoms with E-state index in [1.54, 1.807) is 37.3 Å². The molecule has 1 heterocycles. The number of nitrogens with zero attached hydrogens (tertiary/aromatic N) is 1. The first kappa shape index (κ1) is 18.9. The van der Waals surface area contributed by atoms with Crippen LogP contribution in [0.4, 0.5) is 5.69 Å². The maximum Gasteiger partial charge on any atom is 0.338 e. The van der Waals surface area contributed by atoms with Crippen molar-refractivity contribution in [1.82, 2.24) is 4.98 Å². The topological polar surface area (TPSA) is 68.3 Å². The predicted molar refractivity (Wildman–Crippen MR) is 106 cm³/mol. The predicted octanol–water partition coefficient (Wildman–Crippen LogP) is 4.69. The number of hydrogen-bond donors (Lipinski definition) is 1. The average Bonchev–Trinajstić information content (AvgIpc) is 2.64. The second kappa shape index (κ2) is 7.76. The summed E-state index contributed by atoms with van der Waals surface area (Å²) in [5.41, 5.74) is 3.70. The first-order chi connectivity index (χ1) is 12.8. The Kier molecular flexibility index (Phi) is 5.42. The molecule has 3 aromatic rings. The van der Waals surface area contributed by atoms with Gasteiger partial charge < -0.3 is 10.1 Å². The van der Waals surface area contributed by atoms with Crippen molar-refractivity contribution in [3.63, 3.8) is 0 Å². The molecule has 1 N–H and O–H groups in total. The van der Waals surface area contributed by atoms with E-state index in [9.17, 15) is 9.59 Å². The summed E-state index contributed by atoms with van der Waals surface area (Å²) in [7, 11) is 0. The van der Waals surface area contributed by atoms with Gasteiger partial charge in [-0.2, -0.15) is 0 Å². The number of amides is 1. The van der Waals surface area contributed by atoms with Gasteiger partial charge in [0.2, 0.25) is 0 Å². The van der Waals surface area contributed by atoms with Crippen molar-refractivity contribution in [3.05, 3.63) is 70.4 Å². The molecule has 6 heteroatoms. The van der Waals surface area contributed by atoms with Gasteiger partial charge in [-0.05, 0) is 68.3 Å². The first-order valence-electron chi connectivity index (χ1n) is 8.49. The molecule has 27 heavy (non-hydrogen) atoms. The minimum atomic E-state index is -0.934. The van der Waals surface area contributed by atoms with Crippen LogP contribution in [-0.4, -0.2) is 23.0 Å². The van der Waals surface area contributed by atoms with Crippen molar-refractivity contribution in [2.24, 2.45) is 0 Å². The number of anilines is 1. The Morgan fingerprint density at radius 2 is 1.85 bits per heavy atom. The highest BCUT2D eigenvalue weighted by atomic mass is 35.5. The molecule has 2 aromatic carbocycles. The van der Waals surface area contributed by atoms with Crippen LogP contribution in [0.5, 0.6) is 0 Å². The third-order valence-corrected chi connectivity index (χ3v) is 4.41. The second-order valence-electron chi connectivity index (χ2n) is 6.40. The number of carbonyl (C=O) groups excluding carboxylic acids is 2. The van der Waals surface area contributed by atoms with E-state index in [2.05, 4.69) is 10.3 Å². The largest absolute Gasteiger partial charge is 0.449 e. The Morgan fingerprint density at radius 1 is 1.07 bits per heavy atom. The Hall–Kier alpha value is -2.92. The van der Waals surface area contributed by atoms with Crippen molar-refractivity contribution in [1.29, 1.82) is 0 Å². The maximum absolute atomic E-state index is 12.4. The highest BCUT2D eigenvalue weighted by molar-refractivity contribution is 6.29. The Labute approximate surface area is 162 Å². The van der Waals surface area contributed by atoms with Crippen LogP contribution < -0.4 is 5.32 Å². The van der Waals surface area contributed by atoms with E-state index in [1.807, 2.05) is 32.0 Å². The standard InChI is InChI=1S/C21H19ClN2O3/c1-12-4-5-13(2)18(10-12)24-20(25)14(3)27-21(26)16-6-8-17-15(11-16)7-9-19(22)23-17/h4-11,14H,1-3H3,(H,24,25). The zero-order valence-electron chi connectivity index (χ0n) is 15.2. The molecule has 3 rings (SSSR count). The molecule has 1 aromatic heterocycles. The number of nitrogens with one attached hydrogen (secondary N) is 1. The lowest BCUT2D eigenvalue weighted by Gasteiger charge is -2.15. The van der Waals surface area contributed by atoms with Crippen LogP contribution >= 0.6 is 11.6 Å². The summed E-state index contributed by atoms with van der Waals surface area (Å²) in [5, 5.41) is 3.95. The van der Waals surface area contributed by atoms with E-state index in [1.165, 1.54) is 0 Å². The molecule has 1 unspecified atom stereocenters. The van der Waals surface area contributed by atoms with Crippen LogP contribution in [0.25, 0.3) is 10.9 Å². The smallest absolute Gasteiger partial charge is 0.338 e. The van der Waals surface area contributed by atoms with E-state index in [-0.39, 0.29) is 5.91 Å². The fourth-order valence-corrected chi connectivity index (χ4v) is 2.77. The van der Waals surface area contributed by atoms with Crippen molar-refractivity contribution in [2.45, 2.75) is 26.9 Å². The number of halogens is 1. The summed E-state index contributed by atoms with van der Waals surface area (Å²) in [6, 6.07) is 14.2. The monoisotopic (exact) mass is 382 g/mol. The maximum atomic E-state index is 12.4. The molecule has 0 spiro atoms. The van der Waals surface area contributed by atoms with E-state index in [0.717, 1.165) is 16.5 Å². The van der Waals surface area contributed by atoms with Gasteiger partial charge in [0.1, 0.15) is 5.15 Å². The van der Waals surface area contributed by atoms with Gasteiger partial charge in [-0.25, -0.2) is 9.78 Å². The number of hydrogen-bond acceptors (Lipinski definition) is 4. The molecular formula is C21H19ClN2O3. The quantitative estimate of drug-likeness (QED) is 0.525. The Morgan fingerprint density at radius 3 is 2.63 bits per heavy atom. The number of fused-ring (bicyclic) bond motifs is 1. The Balaban J connectivity index is 1.70. The number of aryl methyl sites for hydroxylation is 2. The lowest BCUT2D eigenvalue weighted by atomic mass is 10.1. The number of aromatic nitrogens is 1. The van der Waals surface area contributed by atoms with E-state index in [0.29, 0.717) is 21.9 Å². The zero-order valence-corrected chi connectivity index (χ0v) is 16.0. The second-order valence-corrected chi connectivity index (χ2v) is 6.78. The molecule has 0 aliphatic rings. The van der Waals surface area contributed by atoms with Crippen LogP contribution in [0.15, 0.2) is 48.5 Å². The molecule has 0 aliphatic carbocycles. The molecular weight excluding hydrogens is 364 g/mol. The molecule has 0 saturated heterocycles. The molecule has 0 radical (unpaired) electrons. The van der Waals surface area contributed by atoms with Gasteiger partial charge in [0.15, 0.2) is 6.10 Å². The highest BCUT2D eigenvalue weighted by Gasteiger charge is 2.20. The molecule has 1 atom stereocenters. The van der Waals surface area contributed by atoms with Gasteiger partial charge in [0.05, 0.1) is 11.1 Å². The van der Waals surface area contributed by atoms with Crippen LogP contribution in [0, 0.1) is 13.8 Å². The van der Waals surface area contributed by atoms with E-state index in [4.69, 9.17) is 16.3 Å². The van der Waals surface area contributed by atoms with Crippen molar-refractivity contribution in [2.75, 3.05) is 5.32 Å². The molecule has 138 valence electrons. The van der Waals surface area contributed by atoms with Crippen LogP contribution in [0.2, 0.25) is 5.15 Å². The molecule has 0 fully saturated rings. The fourth-order valence-electron chi connectivity index (χ4n) is 2.61. The first-order valence-corrected chi connectivity index (χ1v) is 8.87. The lowest BCUT2D eigenvalue weighted by molar-refractivity contribution is -0.123. The summed E-state index contributed by atoms with van der Waals surface area (Å²) < 4.78 is 5.32. The third kappa shape index (κ3) is 4.44. The molecule has 5 nitrogen and oxygen atoms in total. The number of rotatable bonds is 4. The third-order valence-electron chi connectivity index (χ3n) is 4.19. The summed E-state index contributed by atoms with van der Waals surface area (Å²) in [4.78, 5) is 29.0. The summed E-state index contributed by atoms with van der Waals surface area (Å²) in [6.45, 7) is 5.39. The summed E-state index contributed by atoms with van der Waals surface area (Å²) in [6.07, 6.45) is -0.934. The minimum absolute atomic E-state index is 0.345. The van der Waals surface area contributed by atoms with Crippen LogP contribution in [0.3, 0.4) is 0 Å². The molecule has 0 aliphatic heterocycles. The summed E-state index contributed by atoms with van der Waals surface area (Å²) >= 11 is 5.86. The average molecular weight is 383 g/mol. The van der Waals surface area contributed by atoms with Gasteiger partial charge in [0.25, 0.3) is 5.91 Å². The number of pyridine rings is 1. The van der Waals surface area contributed by atoms with Gasteiger partial charge in [-0.1, -0.05) is 23.7 Å². The highest BCUT2D eigenvalue weighted by Crippen LogP contribution is 2.19. The number of benzene rings is 2. The van der Waals surface area contributed by atoms with Crippen molar-refractivity contribution < 1.29 is 14.3 Å². The number of esters is 1. The van der Waals surface area contributed by atoms with Crippen molar-refractivity contribution in [3.8, 4) is 0 Å². The van der Waals surface area contributed by atoms with E-state index >= 15 is 0 Å². The van der Waals surface area contributed by atoms with Gasteiger partial charge >= 0.3 is 5.97 Å². The summed E-state index contributed by atoms with van der Waals surface area (Å²) in [5.74, 6) is -0.957. The Bertz CT molecular complexity index is 1030. The van der Waals surface area contributed by atoms with Gasteiger partial charge in [-0.3, -0.25) is 4.79 Å². The van der Waals surface area contributed by atoms with Crippen molar-refractivity contribution >= 4 is 40.1 Å². The lowest BCUT2D eigenvalue weighted by Crippen LogP contribution is -2.30. The number of carbonyl (C=O) groups is 2. The fraction of sp³-hybridized carbons (Fsp3) is 0.190. The molecule has 0 bridgehead atoms. The van der Waals surface area contributed by atoms with Gasteiger partial charge in [-0.15, -0.1) is 0 Å². The molecule has 1 amide bonds. The van der Waals surface area contributed by atoms with Crippen LogP contribution in [-0.2, 0) is 9.53 Å². The van der Waals surface area contributed by atoms with Gasteiger partial charge in [0, 0.05) is 11.1 Å². The van der Waals surface area contributed by atoms with E-state index < -0.39 is 12.1 Å². The number of ether oxygens (including phenoxy) is 1. The normalized spacial score (nSPS) is 11.9. The van der Waals surface area contributed by atoms with Crippen LogP contribution in [0.1, 0.15) is 28.4 Å². The minimum Gasteiger partial charge on any atom is -0.449 e. The SMILES string of the molecule is Cc1ccc(C)c(NC(=O)C(C)OC(=O)c2ccc3nc(Cl)ccc3c2)c1. The zero-order chi connectivity index (χ0) is 19.6.